The van der Waals surface area contributed by atoms with Gasteiger partial charge in [0.1, 0.15) is 17.9 Å². The molecule has 1 aliphatic carbocycles. The van der Waals surface area contributed by atoms with E-state index in [0.717, 1.165) is 19.3 Å². The van der Waals surface area contributed by atoms with Crippen LogP contribution in [-0.4, -0.2) is 29.0 Å². The molecule has 5 N–H and O–H groups in total. The number of hydrogen-bond acceptors (Lipinski definition) is 6. The summed E-state index contributed by atoms with van der Waals surface area (Å²) in [7, 11) is 0. The Morgan fingerprint density at radius 1 is 1.45 bits per heavy atom. The van der Waals surface area contributed by atoms with Crippen LogP contribution in [0.1, 0.15) is 25.0 Å². The van der Waals surface area contributed by atoms with Gasteiger partial charge in [-0.2, -0.15) is 5.26 Å². The predicted molar refractivity (Wildman–Crippen MR) is 81.8 cm³/mol. The number of carbonyl (C=O) groups excluding carboxylic acids is 1. The summed E-state index contributed by atoms with van der Waals surface area (Å²) in [6.07, 6.45) is 2.70. The fourth-order valence-electron chi connectivity index (χ4n) is 3.28. The molecule has 22 heavy (non-hydrogen) atoms. The highest BCUT2D eigenvalue weighted by Gasteiger charge is 2.42. The van der Waals surface area contributed by atoms with Crippen molar-refractivity contribution in [1.29, 1.82) is 5.26 Å². The molecule has 0 aromatic carbocycles. The van der Waals surface area contributed by atoms with Gasteiger partial charge in [0.15, 0.2) is 5.69 Å². The lowest BCUT2D eigenvalue weighted by Gasteiger charge is -2.33. The zero-order chi connectivity index (χ0) is 15.7. The van der Waals surface area contributed by atoms with Crippen LogP contribution in [0.15, 0.2) is 12.1 Å². The summed E-state index contributed by atoms with van der Waals surface area (Å²) in [4.78, 5) is 15.7. The number of hydrazine groups is 1. The van der Waals surface area contributed by atoms with E-state index in [9.17, 15) is 4.79 Å². The first-order chi connectivity index (χ1) is 10.6. The van der Waals surface area contributed by atoms with Gasteiger partial charge in [0, 0.05) is 18.0 Å². The van der Waals surface area contributed by atoms with E-state index in [2.05, 4.69) is 21.2 Å². The van der Waals surface area contributed by atoms with Crippen LogP contribution in [0.2, 0.25) is 5.02 Å². The molecule has 1 amide bonds. The Labute approximate surface area is 133 Å². The monoisotopic (exact) mass is 320 g/mol. The number of nitrogens with zero attached hydrogens (tertiary/aromatic N) is 2. The molecule has 8 heteroatoms. The molecule has 1 aromatic rings. The summed E-state index contributed by atoms with van der Waals surface area (Å²) in [5.74, 6) is 0.447. The number of amides is 1. The molecule has 2 heterocycles. The van der Waals surface area contributed by atoms with Crippen molar-refractivity contribution < 1.29 is 4.79 Å². The Morgan fingerprint density at radius 3 is 3.00 bits per heavy atom. The molecule has 1 aromatic heterocycles. The predicted octanol–water partition coefficient (Wildman–Crippen LogP) is 0.518. The first-order valence-electron chi connectivity index (χ1n) is 7.22. The Kier molecular flexibility index (Phi) is 4.16. The van der Waals surface area contributed by atoms with Crippen molar-refractivity contribution in [3.8, 4) is 6.07 Å². The molecule has 0 spiro atoms. The summed E-state index contributed by atoms with van der Waals surface area (Å²) in [6, 6.07) is 5.49. The number of nitrogens with two attached hydrogens (primary N) is 1. The van der Waals surface area contributed by atoms with Crippen LogP contribution in [0.25, 0.3) is 0 Å². The summed E-state index contributed by atoms with van der Waals surface area (Å²) < 4.78 is 0. The Hall–Kier alpha value is -1.88. The third kappa shape index (κ3) is 2.86. The van der Waals surface area contributed by atoms with Crippen LogP contribution in [0, 0.1) is 17.2 Å². The zero-order valence-corrected chi connectivity index (χ0v) is 12.6. The van der Waals surface area contributed by atoms with E-state index in [1.165, 1.54) is 0 Å². The van der Waals surface area contributed by atoms with Crippen molar-refractivity contribution in [2.75, 3.05) is 5.32 Å². The molecular weight excluding hydrogens is 304 g/mol. The highest BCUT2D eigenvalue weighted by molar-refractivity contribution is 6.31. The maximum Gasteiger partial charge on any atom is 0.236 e. The quantitative estimate of drug-likeness (QED) is 0.645. The number of pyridine rings is 1. The number of halogens is 1. The van der Waals surface area contributed by atoms with Gasteiger partial charge in [-0.1, -0.05) is 11.6 Å². The molecule has 0 radical (unpaired) electrons. The summed E-state index contributed by atoms with van der Waals surface area (Å²) in [6.45, 7) is 0. The number of carbonyl (C=O) groups is 1. The van der Waals surface area contributed by atoms with Crippen molar-refractivity contribution in [2.24, 2.45) is 11.7 Å². The number of nitrogens with one attached hydrogen (secondary N) is 3. The third-order valence-corrected chi connectivity index (χ3v) is 4.67. The van der Waals surface area contributed by atoms with E-state index in [1.54, 1.807) is 12.1 Å². The number of fused-ring (bicyclic) bond motifs is 1. The van der Waals surface area contributed by atoms with Crippen molar-refractivity contribution in [3.05, 3.63) is 22.8 Å². The standard InChI is InChI=1S/C14H17ClN6O/c15-9-2-4-12(19-11(9)6-16)18-7-1-3-10-8(5-7)13(14(17)22)21-20-10/h2,4,7-8,10,13,20-21H,1,3,5H2,(H2,17,22)(H,18,19). The third-order valence-electron chi connectivity index (χ3n) is 4.36. The van der Waals surface area contributed by atoms with Crippen molar-refractivity contribution >= 4 is 23.3 Å². The second kappa shape index (κ2) is 6.08. The van der Waals surface area contributed by atoms with Gasteiger partial charge >= 0.3 is 0 Å². The number of nitriles is 1. The van der Waals surface area contributed by atoms with Crippen molar-refractivity contribution in [1.82, 2.24) is 15.8 Å². The fourth-order valence-corrected chi connectivity index (χ4v) is 3.43. The van der Waals surface area contributed by atoms with Gasteiger partial charge in [0.2, 0.25) is 5.91 Å². The number of primary amides is 1. The molecule has 2 fully saturated rings. The molecule has 0 bridgehead atoms. The minimum atomic E-state index is -0.345. The lowest BCUT2D eigenvalue weighted by molar-refractivity contribution is -0.120. The normalized spacial score (nSPS) is 30.4. The minimum Gasteiger partial charge on any atom is -0.368 e. The van der Waals surface area contributed by atoms with Gasteiger partial charge in [-0.3, -0.25) is 10.2 Å². The van der Waals surface area contributed by atoms with Crippen molar-refractivity contribution in [3.63, 3.8) is 0 Å². The highest BCUT2D eigenvalue weighted by atomic mass is 35.5. The van der Waals surface area contributed by atoms with E-state index in [4.69, 9.17) is 22.6 Å². The van der Waals surface area contributed by atoms with Crippen molar-refractivity contribution in [2.45, 2.75) is 37.4 Å². The molecule has 7 nitrogen and oxygen atoms in total. The Morgan fingerprint density at radius 2 is 2.27 bits per heavy atom. The van der Waals surface area contributed by atoms with E-state index in [0.29, 0.717) is 10.8 Å². The van der Waals surface area contributed by atoms with Gasteiger partial charge in [-0.05, 0) is 31.4 Å². The SMILES string of the molecule is N#Cc1nc(NC2CCC3NNC(C(N)=O)C3C2)ccc1Cl. The first kappa shape index (κ1) is 15.0. The lowest BCUT2D eigenvalue weighted by Crippen LogP contribution is -2.44. The molecule has 116 valence electrons. The molecule has 1 aliphatic heterocycles. The number of rotatable bonds is 3. The summed E-state index contributed by atoms with van der Waals surface area (Å²) >= 11 is 5.89. The van der Waals surface area contributed by atoms with E-state index >= 15 is 0 Å². The second-order valence-corrected chi connectivity index (χ2v) is 6.14. The number of hydrogen-bond donors (Lipinski definition) is 4. The lowest BCUT2D eigenvalue weighted by atomic mass is 9.79. The average Bonchev–Trinajstić information content (AvgIpc) is 2.92. The Bertz CT molecular complexity index is 630. The molecule has 2 aliphatic rings. The van der Waals surface area contributed by atoms with Crippen LogP contribution < -0.4 is 21.9 Å². The topological polar surface area (TPSA) is 116 Å². The zero-order valence-electron chi connectivity index (χ0n) is 11.8. The number of aromatic nitrogens is 1. The molecular formula is C14H17ClN6O. The van der Waals surface area contributed by atoms with E-state index in [-0.39, 0.29) is 35.6 Å². The molecule has 4 unspecified atom stereocenters. The maximum atomic E-state index is 11.5. The van der Waals surface area contributed by atoms with E-state index < -0.39 is 0 Å². The minimum absolute atomic E-state index is 0.159. The van der Waals surface area contributed by atoms with Gasteiger partial charge in [0.25, 0.3) is 0 Å². The molecule has 4 atom stereocenters. The average molecular weight is 321 g/mol. The highest BCUT2D eigenvalue weighted by Crippen LogP contribution is 2.32. The fraction of sp³-hybridized carbons (Fsp3) is 0.500. The smallest absolute Gasteiger partial charge is 0.236 e. The van der Waals surface area contributed by atoms with Crippen LogP contribution in [-0.2, 0) is 4.79 Å². The van der Waals surface area contributed by atoms with Crippen LogP contribution in [0.4, 0.5) is 5.82 Å². The maximum absolute atomic E-state index is 11.5. The van der Waals surface area contributed by atoms with Gasteiger partial charge in [-0.15, -0.1) is 0 Å². The van der Waals surface area contributed by atoms with Gasteiger partial charge < -0.3 is 11.1 Å². The van der Waals surface area contributed by atoms with Crippen LogP contribution in [0.3, 0.4) is 0 Å². The van der Waals surface area contributed by atoms with Crippen LogP contribution >= 0.6 is 11.6 Å². The van der Waals surface area contributed by atoms with E-state index in [1.807, 2.05) is 6.07 Å². The molecule has 1 saturated carbocycles. The van der Waals surface area contributed by atoms with Gasteiger partial charge in [0.05, 0.1) is 5.02 Å². The summed E-state index contributed by atoms with van der Waals surface area (Å²) in [5, 5.41) is 12.6. The number of anilines is 1. The Balaban J connectivity index is 1.69. The largest absolute Gasteiger partial charge is 0.368 e. The molecule has 3 rings (SSSR count). The van der Waals surface area contributed by atoms with Gasteiger partial charge in [-0.25, -0.2) is 10.4 Å². The molecule has 1 saturated heterocycles. The second-order valence-electron chi connectivity index (χ2n) is 5.73. The summed E-state index contributed by atoms with van der Waals surface area (Å²) in [5.41, 5.74) is 11.8. The van der Waals surface area contributed by atoms with Crippen LogP contribution in [0.5, 0.6) is 0 Å². The first-order valence-corrected chi connectivity index (χ1v) is 7.60.